The molecule has 0 radical (unpaired) electrons. The quantitative estimate of drug-likeness (QED) is 0.799. The van der Waals surface area contributed by atoms with Crippen molar-refractivity contribution in [2.45, 2.75) is 20.0 Å². The van der Waals surface area contributed by atoms with E-state index in [-0.39, 0.29) is 18.3 Å². The van der Waals surface area contributed by atoms with Crippen LogP contribution in [-0.4, -0.2) is 19.1 Å². The van der Waals surface area contributed by atoms with Gasteiger partial charge < -0.3 is 15.8 Å². The van der Waals surface area contributed by atoms with E-state index in [9.17, 15) is 4.79 Å². The molecule has 0 aliphatic heterocycles. The van der Waals surface area contributed by atoms with Crippen molar-refractivity contribution in [2.75, 3.05) is 18.2 Å². The predicted molar refractivity (Wildman–Crippen MR) is 67.9 cm³/mol. The Morgan fingerprint density at radius 1 is 1.50 bits per heavy atom. The number of hydrogen-bond acceptors (Lipinski definition) is 3. The van der Waals surface area contributed by atoms with E-state index in [0.29, 0.717) is 5.69 Å². The number of aryl methyl sites for hydroxylation is 1. The fourth-order valence-corrected chi connectivity index (χ4v) is 1.12. The number of nitrogen functional groups attached to an aromatic ring is 1. The van der Waals surface area contributed by atoms with E-state index in [2.05, 4.69) is 5.32 Å². The number of rotatable bonds is 3. The van der Waals surface area contributed by atoms with Crippen LogP contribution in [-0.2, 0) is 9.53 Å². The second-order valence-electron chi connectivity index (χ2n) is 3.44. The topological polar surface area (TPSA) is 64.3 Å². The second kappa shape index (κ2) is 6.35. The van der Waals surface area contributed by atoms with Gasteiger partial charge in [0, 0.05) is 18.5 Å². The summed E-state index contributed by atoms with van der Waals surface area (Å²) in [6.07, 6.45) is -0.467. The van der Waals surface area contributed by atoms with E-state index in [0.717, 1.165) is 11.3 Å². The Labute approximate surface area is 102 Å². The maximum atomic E-state index is 11.5. The molecule has 0 aliphatic carbocycles. The molecule has 90 valence electrons. The van der Waals surface area contributed by atoms with Gasteiger partial charge in [0.1, 0.15) is 6.10 Å². The standard InChI is InChI=1S/C11H16N2O2.ClH/c1-7-4-5-9(12)6-10(7)13-11(14)8(2)15-3;/h4-6,8H,12H2,1-3H3,(H,13,14);1H. The molecule has 0 fully saturated rings. The van der Waals surface area contributed by atoms with Gasteiger partial charge in [-0.15, -0.1) is 12.4 Å². The van der Waals surface area contributed by atoms with E-state index in [1.807, 2.05) is 13.0 Å². The monoisotopic (exact) mass is 244 g/mol. The highest BCUT2D eigenvalue weighted by atomic mass is 35.5. The molecule has 0 saturated carbocycles. The second-order valence-corrected chi connectivity index (χ2v) is 3.44. The molecule has 16 heavy (non-hydrogen) atoms. The molecular formula is C11H17ClN2O2. The lowest BCUT2D eigenvalue weighted by atomic mass is 10.2. The van der Waals surface area contributed by atoms with Gasteiger partial charge in [0.05, 0.1) is 0 Å². The summed E-state index contributed by atoms with van der Waals surface area (Å²) in [7, 11) is 1.50. The van der Waals surface area contributed by atoms with Gasteiger partial charge in [-0.1, -0.05) is 6.07 Å². The molecule has 0 aliphatic rings. The maximum absolute atomic E-state index is 11.5. The lowest BCUT2D eigenvalue weighted by molar-refractivity contribution is -0.124. The van der Waals surface area contributed by atoms with E-state index in [1.165, 1.54) is 7.11 Å². The number of benzene rings is 1. The van der Waals surface area contributed by atoms with E-state index in [1.54, 1.807) is 19.1 Å². The van der Waals surface area contributed by atoms with Crippen molar-refractivity contribution in [1.82, 2.24) is 0 Å². The zero-order chi connectivity index (χ0) is 11.4. The summed E-state index contributed by atoms with van der Waals surface area (Å²) < 4.78 is 4.91. The third kappa shape index (κ3) is 3.72. The number of carbonyl (C=O) groups excluding carboxylic acids is 1. The van der Waals surface area contributed by atoms with Crippen molar-refractivity contribution in [3.05, 3.63) is 23.8 Å². The van der Waals surface area contributed by atoms with Crippen LogP contribution < -0.4 is 11.1 Å². The SMILES string of the molecule is COC(C)C(=O)Nc1cc(N)ccc1C.Cl. The molecule has 0 heterocycles. The van der Waals surface area contributed by atoms with Gasteiger partial charge in [-0.05, 0) is 31.5 Å². The van der Waals surface area contributed by atoms with Crippen molar-refractivity contribution < 1.29 is 9.53 Å². The summed E-state index contributed by atoms with van der Waals surface area (Å²) in [4.78, 5) is 11.5. The van der Waals surface area contributed by atoms with Gasteiger partial charge in [-0.2, -0.15) is 0 Å². The number of amides is 1. The molecule has 0 bridgehead atoms. The Bertz CT molecular complexity index is 369. The molecule has 0 spiro atoms. The molecule has 1 atom stereocenters. The van der Waals surface area contributed by atoms with Crippen LogP contribution in [0.2, 0.25) is 0 Å². The summed E-state index contributed by atoms with van der Waals surface area (Å²) in [5.41, 5.74) is 7.95. The molecule has 0 aromatic heterocycles. The number of nitrogens with one attached hydrogen (secondary N) is 1. The summed E-state index contributed by atoms with van der Waals surface area (Å²) in [5.74, 6) is -0.175. The Morgan fingerprint density at radius 2 is 2.12 bits per heavy atom. The Hall–Kier alpha value is -1.26. The van der Waals surface area contributed by atoms with Crippen LogP contribution in [0.3, 0.4) is 0 Å². The summed E-state index contributed by atoms with van der Waals surface area (Å²) >= 11 is 0. The van der Waals surface area contributed by atoms with Crippen LogP contribution in [0.4, 0.5) is 11.4 Å². The maximum Gasteiger partial charge on any atom is 0.253 e. The zero-order valence-electron chi connectivity index (χ0n) is 9.61. The van der Waals surface area contributed by atoms with Crippen LogP contribution in [0.1, 0.15) is 12.5 Å². The van der Waals surface area contributed by atoms with Crippen molar-refractivity contribution in [2.24, 2.45) is 0 Å². The van der Waals surface area contributed by atoms with Crippen LogP contribution in [0.25, 0.3) is 0 Å². The number of nitrogens with two attached hydrogens (primary N) is 1. The lowest BCUT2D eigenvalue weighted by Gasteiger charge is -2.12. The number of hydrogen-bond donors (Lipinski definition) is 2. The van der Waals surface area contributed by atoms with E-state index < -0.39 is 6.10 Å². The molecular weight excluding hydrogens is 228 g/mol. The molecule has 1 aromatic carbocycles. The molecule has 3 N–H and O–H groups in total. The average Bonchev–Trinajstić information content (AvgIpc) is 2.22. The minimum absolute atomic E-state index is 0. The molecule has 1 aromatic rings. The average molecular weight is 245 g/mol. The third-order valence-corrected chi connectivity index (χ3v) is 2.24. The van der Waals surface area contributed by atoms with Crippen LogP contribution >= 0.6 is 12.4 Å². The highest BCUT2D eigenvalue weighted by Crippen LogP contribution is 2.18. The van der Waals surface area contributed by atoms with Crippen molar-refractivity contribution in [3.8, 4) is 0 Å². The largest absolute Gasteiger partial charge is 0.399 e. The van der Waals surface area contributed by atoms with Crippen LogP contribution in [0, 0.1) is 6.92 Å². The van der Waals surface area contributed by atoms with Gasteiger partial charge in [0.15, 0.2) is 0 Å². The minimum atomic E-state index is -0.467. The number of halogens is 1. The van der Waals surface area contributed by atoms with Gasteiger partial charge in [-0.3, -0.25) is 4.79 Å². The Morgan fingerprint density at radius 3 is 2.69 bits per heavy atom. The zero-order valence-corrected chi connectivity index (χ0v) is 10.4. The molecule has 1 amide bonds. The fourth-order valence-electron chi connectivity index (χ4n) is 1.12. The first-order chi connectivity index (χ1) is 7.04. The predicted octanol–water partition coefficient (Wildman–Crippen LogP) is 1.97. The van der Waals surface area contributed by atoms with Gasteiger partial charge in [0.25, 0.3) is 5.91 Å². The van der Waals surface area contributed by atoms with Crippen LogP contribution in [0.5, 0.6) is 0 Å². The van der Waals surface area contributed by atoms with Gasteiger partial charge >= 0.3 is 0 Å². The molecule has 1 rings (SSSR count). The molecule has 4 nitrogen and oxygen atoms in total. The third-order valence-electron chi connectivity index (χ3n) is 2.24. The molecule has 0 saturated heterocycles. The Kier molecular flexibility index (Phi) is 5.85. The van der Waals surface area contributed by atoms with E-state index >= 15 is 0 Å². The first-order valence-corrected chi connectivity index (χ1v) is 4.74. The minimum Gasteiger partial charge on any atom is -0.399 e. The van der Waals surface area contributed by atoms with Gasteiger partial charge in [0.2, 0.25) is 0 Å². The fraction of sp³-hybridized carbons (Fsp3) is 0.364. The van der Waals surface area contributed by atoms with Crippen LogP contribution in [0.15, 0.2) is 18.2 Å². The number of carbonyl (C=O) groups is 1. The highest BCUT2D eigenvalue weighted by molar-refractivity contribution is 5.94. The van der Waals surface area contributed by atoms with Gasteiger partial charge in [-0.25, -0.2) is 0 Å². The number of methoxy groups -OCH3 is 1. The number of anilines is 2. The molecule has 1 unspecified atom stereocenters. The van der Waals surface area contributed by atoms with E-state index in [4.69, 9.17) is 10.5 Å². The first-order valence-electron chi connectivity index (χ1n) is 4.74. The molecule has 5 heteroatoms. The van der Waals surface area contributed by atoms with Crippen molar-refractivity contribution >= 4 is 29.7 Å². The summed E-state index contributed by atoms with van der Waals surface area (Å²) in [5, 5.41) is 2.76. The summed E-state index contributed by atoms with van der Waals surface area (Å²) in [6, 6.07) is 5.39. The smallest absolute Gasteiger partial charge is 0.253 e. The summed E-state index contributed by atoms with van der Waals surface area (Å²) in [6.45, 7) is 3.60. The van der Waals surface area contributed by atoms with Crippen molar-refractivity contribution in [1.29, 1.82) is 0 Å². The first kappa shape index (κ1) is 14.7. The highest BCUT2D eigenvalue weighted by Gasteiger charge is 2.12. The van der Waals surface area contributed by atoms with Crippen molar-refractivity contribution in [3.63, 3.8) is 0 Å². The normalized spacial score (nSPS) is 11.4. The Balaban J connectivity index is 0.00000225. The lowest BCUT2D eigenvalue weighted by Crippen LogP contribution is -2.26. The number of ether oxygens (including phenoxy) is 1.